The van der Waals surface area contributed by atoms with Crippen molar-refractivity contribution < 1.29 is 28.2 Å². The van der Waals surface area contributed by atoms with E-state index in [-0.39, 0.29) is 27.9 Å². The van der Waals surface area contributed by atoms with E-state index in [1.54, 1.807) is 42.5 Å². The van der Waals surface area contributed by atoms with Gasteiger partial charge in [0.15, 0.2) is 11.6 Å². The minimum absolute atomic E-state index is 0.0874. The number of hydrogen-bond acceptors (Lipinski definition) is 5. The molecule has 0 spiro atoms. The van der Waals surface area contributed by atoms with Crippen molar-refractivity contribution in [3.63, 3.8) is 0 Å². The van der Waals surface area contributed by atoms with Crippen LogP contribution in [0.3, 0.4) is 0 Å². The smallest absolute Gasteiger partial charge is 0.339 e. The van der Waals surface area contributed by atoms with Crippen LogP contribution >= 0.6 is 11.6 Å². The number of halogens is 3. The van der Waals surface area contributed by atoms with Gasteiger partial charge < -0.3 is 20.3 Å². The molecule has 0 fully saturated rings. The zero-order chi connectivity index (χ0) is 26.0. The molecule has 0 unspecified atom stereocenters. The Hall–Kier alpha value is -4.50. The van der Waals surface area contributed by atoms with Gasteiger partial charge in [-0.3, -0.25) is 5.41 Å². The number of aromatic nitrogens is 1. The van der Waals surface area contributed by atoms with Crippen LogP contribution in [0.5, 0.6) is 23.3 Å². The lowest BCUT2D eigenvalue weighted by atomic mass is 10.0. The lowest BCUT2D eigenvalue weighted by Gasteiger charge is -2.14. The highest BCUT2D eigenvalue weighted by molar-refractivity contribution is 6.30. The molecule has 1 aromatic heterocycles. The highest BCUT2D eigenvalue weighted by Crippen LogP contribution is 2.35. The molecule has 4 N–H and O–H groups in total. The summed E-state index contributed by atoms with van der Waals surface area (Å²) in [5.41, 5.74) is 6.81. The number of nitrogen functional groups attached to an aromatic ring is 1. The van der Waals surface area contributed by atoms with Crippen molar-refractivity contribution in [2.24, 2.45) is 5.73 Å². The zero-order valence-corrected chi connectivity index (χ0v) is 19.4. The quantitative estimate of drug-likeness (QED) is 0.192. The molecule has 1 heterocycles. The molecule has 7 nitrogen and oxygen atoms in total. The second-order valence-corrected chi connectivity index (χ2v) is 8.08. The number of ether oxygens (including phenoxy) is 2. The van der Waals surface area contributed by atoms with Crippen molar-refractivity contribution in [1.82, 2.24) is 4.98 Å². The first-order valence-electron chi connectivity index (χ1n) is 10.4. The number of hydrogen-bond donors (Lipinski definition) is 3. The summed E-state index contributed by atoms with van der Waals surface area (Å²) >= 11 is 5.92. The lowest BCUT2D eigenvalue weighted by Crippen LogP contribution is -2.10. The number of carboxylic acids is 1. The van der Waals surface area contributed by atoms with E-state index in [1.165, 1.54) is 25.1 Å². The number of nitrogens with zero attached hydrogens (tertiary/aromatic N) is 1. The Kier molecular flexibility index (Phi) is 6.84. The third kappa shape index (κ3) is 5.11. The molecule has 0 aliphatic heterocycles. The molecular formula is C26H18ClF2N3O4. The van der Waals surface area contributed by atoms with Crippen LogP contribution in [-0.4, -0.2) is 21.9 Å². The number of nitrogens with two attached hydrogens (primary N) is 1. The van der Waals surface area contributed by atoms with Crippen molar-refractivity contribution in [2.45, 2.75) is 6.92 Å². The number of pyridine rings is 1. The van der Waals surface area contributed by atoms with Crippen molar-refractivity contribution in [2.75, 3.05) is 0 Å². The van der Waals surface area contributed by atoms with Gasteiger partial charge in [0.05, 0.1) is 0 Å². The largest absolute Gasteiger partial charge is 0.478 e. The highest BCUT2D eigenvalue weighted by Gasteiger charge is 2.23. The molecule has 0 radical (unpaired) electrons. The number of rotatable bonds is 7. The average molecular weight is 510 g/mol. The van der Waals surface area contributed by atoms with E-state index in [0.29, 0.717) is 11.1 Å². The predicted octanol–water partition coefficient (Wildman–Crippen LogP) is 6.56. The molecule has 4 rings (SSSR count). The summed E-state index contributed by atoms with van der Waals surface area (Å²) in [5, 5.41) is 17.1. The van der Waals surface area contributed by atoms with E-state index in [1.807, 2.05) is 6.07 Å². The summed E-state index contributed by atoms with van der Waals surface area (Å²) in [6.07, 6.45) is 0. The van der Waals surface area contributed by atoms with Crippen LogP contribution in [0.2, 0.25) is 5.02 Å². The Bertz CT molecular complexity index is 1510. The Balaban J connectivity index is 1.70. The molecule has 0 aliphatic carbocycles. The predicted molar refractivity (Wildman–Crippen MR) is 130 cm³/mol. The molecule has 3 aromatic carbocycles. The molecular weight excluding hydrogens is 492 g/mol. The van der Waals surface area contributed by atoms with Gasteiger partial charge in [0.1, 0.15) is 22.9 Å². The van der Waals surface area contributed by atoms with Gasteiger partial charge in [-0.2, -0.15) is 4.98 Å². The Labute approximate surface area is 209 Å². The molecule has 182 valence electrons. The van der Waals surface area contributed by atoms with Crippen molar-refractivity contribution in [3.05, 3.63) is 100 Å². The van der Waals surface area contributed by atoms with Crippen LogP contribution < -0.4 is 15.2 Å². The second-order valence-electron chi connectivity index (χ2n) is 7.65. The topological polar surface area (TPSA) is 119 Å². The fourth-order valence-corrected chi connectivity index (χ4v) is 3.48. The standard InChI is InChI=1S/C26H18ClF2N3O4/c1-13-21(28)24(32-25(22(13)29)36-20-12-17(27)8-9-19(20)26(33)34)35-18-7-3-5-15(11-18)14-4-2-6-16(10-14)23(30)31/h2-12H,1H3,(H3,30,31)(H,33,34). The lowest BCUT2D eigenvalue weighted by molar-refractivity contribution is 0.0694. The SMILES string of the molecule is Cc1c(F)c(Oc2cccc(-c3cccc(C(=N)N)c3)c2)nc(Oc2cc(Cl)ccc2C(=O)O)c1F. The minimum atomic E-state index is -1.33. The number of benzene rings is 3. The van der Waals surface area contributed by atoms with Gasteiger partial charge in [-0.15, -0.1) is 0 Å². The molecule has 0 bridgehead atoms. The minimum Gasteiger partial charge on any atom is -0.478 e. The van der Waals surface area contributed by atoms with Gasteiger partial charge in [-0.05, 0) is 48.4 Å². The van der Waals surface area contributed by atoms with Crippen molar-refractivity contribution >= 4 is 23.4 Å². The summed E-state index contributed by atoms with van der Waals surface area (Å²) < 4.78 is 40.7. The Morgan fingerprint density at radius 2 is 1.61 bits per heavy atom. The normalized spacial score (nSPS) is 10.7. The van der Waals surface area contributed by atoms with E-state index in [4.69, 9.17) is 32.2 Å². The maximum atomic E-state index is 14.9. The van der Waals surface area contributed by atoms with Crippen LogP contribution in [0, 0.1) is 24.0 Å². The molecule has 36 heavy (non-hydrogen) atoms. The molecule has 10 heteroatoms. The zero-order valence-electron chi connectivity index (χ0n) is 18.7. The number of carbonyl (C=O) groups is 1. The average Bonchev–Trinajstić information content (AvgIpc) is 2.85. The van der Waals surface area contributed by atoms with Gasteiger partial charge in [0.2, 0.25) is 0 Å². The summed E-state index contributed by atoms with van der Waals surface area (Å²) in [4.78, 5) is 15.3. The monoisotopic (exact) mass is 509 g/mol. The first-order valence-corrected chi connectivity index (χ1v) is 10.8. The van der Waals surface area contributed by atoms with E-state index in [2.05, 4.69) is 4.98 Å². The number of nitrogens with one attached hydrogen (secondary N) is 1. The van der Waals surface area contributed by atoms with Crippen LogP contribution in [-0.2, 0) is 0 Å². The molecule has 0 saturated carbocycles. The van der Waals surface area contributed by atoms with Crippen molar-refractivity contribution in [3.8, 4) is 34.4 Å². The Morgan fingerprint density at radius 3 is 2.28 bits per heavy atom. The molecule has 0 aliphatic rings. The molecule has 0 saturated heterocycles. The van der Waals surface area contributed by atoms with E-state index in [9.17, 15) is 18.7 Å². The van der Waals surface area contributed by atoms with Gasteiger partial charge in [0.25, 0.3) is 11.8 Å². The Morgan fingerprint density at radius 1 is 0.972 bits per heavy atom. The van der Waals surface area contributed by atoms with Crippen LogP contribution in [0.4, 0.5) is 8.78 Å². The van der Waals surface area contributed by atoms with Gasteiger partial charge in [-0.25, -0.2) is 13.6 Å². The molecule has 4 aromatic rings. The summed E-state index contributed by atoms with van der Waals surface area (Å²) in [6, 6.07) is 17.3. The van der Waals surface area contributed by atoms with E-state index < -0.39 is 34.9 Å². The third-order valence-corrected chi connectivity index (χ3v) is 5.41. The third-order valence-electron chi connectivity index (χ3n) is 5.17. The maximum Gasteiger partial charge on any atom is 0.339 e. The van der Waals surface area contributed by atoms with Gasteiger partial charge >= 0.3 is 5.97 Å². The first-order chi connectivity index (χ1) is 17.1. The van der Waals surface area contributed by atoms with E-state index in [0.717, 1.165) is 5.56 Å². The molecule has 0 amide bonds. The summed E-state index contributed by atoms with van der Waals surface area (Å²) in [5.74, 6) is -4.92. The summed E-state index contributed by atoms with van der Waals surface area (Å²) in [6.45, 7) is 1.17. The number of amidine groups is 1. The van der Waals surface area contributed by atoms with Crippen LogP contribution in [0.25, 0.3) is 11.1 Å². The van der Waals surface area contributed by atoms with Crippen LogP contribution in [0.1, 0.15) is 21.5 Å². The van der Waals surface area contributed by atoms with Gasteiger partial charge in [0, 0.05) is 22.2 Å². The number of carboxylic acid groups (broad SMARTS) is 1. The maximum absolute atomic E-state index is 14.9. The van der Waals surface area contributed by atoms with Gasteiger partial charge in [-0.1, -0.05) is 41.9 Å². The first kappa shape index (κ1) is 24.6. The van der Waals surface area contributed by atoms with Crippen LogP contribution in [0.15, 0.2) is 66.7 Å². The summed E-state index contributed by atoms with van der Waals surface area (Å²) in [7, 11) is 0. The fraction of sp³-hybridized carbons (Fsp3) is 0.0385. The van der Waals surface area contributed by atoms with E-state index >= 15 is 0 Å². The second kappa shape index (κ2) is 10.0. The molecule has 0 atom stereocenters. The highest BCUT2D eigenvalue weighted by atomic mass is 35.5. The fourth-order valence-electron chi connectivity index (χ4n) is 3.32. The van der Waals surface area contributed by atoms with Crippen molar-refractivity contribution in [1.29, 1.82) is 5.41 Å². The number of aromatic carboxylic acids is 1.